The Bertz CT molecular complexity index is 1810. The van der Waals surface area contributed by atoms with Gasteiger partial charge in [0.05, 0.1) is 23.5 Å². The molecular weight excluding hydrogens is 652 g/mol. The van der Waals surface area contributed by atoms with E-state index in [1.807, 2.05) is 68.8 Å². The third-order valence-corrected chi connectivity index (χ3v) is 9.81. The van der Waals surface area contributed by atoms with E-state index in [1.165, 1.54) is 18.4 Å². The van der Waals surface area contributed by atoms with Gasteiger partial charge in [-0.2, -0.15) is 0 Å². The summed E-state index contributed by atoms with van der Waals surface area (Å²) in [7, 11) is 1.35. The number of thiophene rings is 1. The highest BCUT2D eigenvalue weighted by atomic mass is 35.5. The van der Waals surface area contributed by atoms with Crippen LogP contribution in [0.1, 0.15) is 84.7 Å². The molecule has 1 fully saturated rings. The molecule has 4 heterocycles. The molecule has 0 N–H and O–H groups in total. The van der Waals surface area contributed by atoms with Crippen molar-refractivity contribution in [2.45, 2.75) is 70.7 Å². The number of pyridine rings is 1. The number of benzene rings is 1. The molecule has 0 bridgehead atoms. The Labute approximate surface area is 289 Å². The third kappa shape index (κ3) is 7.37. The van der Waals surface area contributed by atoms with Crippen molar-refractivity contribution >= 4 is 41.1 Å². The zero-order chi connectivity index (χ0) is 34.0. The van der Waals surface area contributed by atoms with Gasteiger partial charge >= 0.3 is 12.1 Å². The lowest BCUT2D eigenvalue weighted by Gasteiger charge is -2.33. The number of methoxy groups -OCH3 is 1. The lowest BCUT2D eigenvalue weighted by Crippen LogP contribution is -2.44. The SMILES string of the molecule is COC(=O)c1sc(-n2cnc3c2C=CC(c2cccnc2)C3)cc1OC(C)c1cccc(OC2CCN(C(=O)OC(C)(C)C)CC2)c1Cl. The highest BCUT2D eigenvalue weighted by Crippen LogP contribution is 2.40. The molecule has 6 rings (SSSR count). The van der Waals surface area contributed by atoms with Crippen LogP contribution in [-0.4, -0.2) is 63.4 Å². The first kappa shape index (κ1) is 33.5. The molecule has 1 aromatic carbocycles. The highest BCUT2D eigenvalue weighted by molar-refractivity contribution is 7.16. The molecule has 0 spiro atoms. The van der Waals surface area contributed by atoms with Crippen molar-refractivity contribution in [3.05, 3.63) is 93.6 Å². The molecule has 10 nitrogen and oxygen atoms in total. The number of likely N-dealkylation sites (tertiary alicyclic amines) is 1. The van der Waals surface area contributed by atoms with Gasteiger partial charge in [-0.05, 0) is 51.5 Å². The molecule has 3 aromatic heterocycles. The molecule has 252 valence electrons. The van der Waals surface area contributed by atoms with Crippen molar-refractivity contribution in [2.24, 2.45) is 0 Å². The number of fused-ring (bicyclic) bond motifs is 1. The molecule has 2 aliphatic rings. The van der Waals surface area contributed by atoms with E-state index in [0.717, 1.165) is 28.4 Å². The normalized spacial score (nSPS) is 17.0. The smallest absolute Gasteiger partial charge is 0.410 e. The van der Waals surface area contributed by atoms with Crippen LogP contribution in [0.4, 0.5) is 4.79 Å². The summed E-state index contributed by atoms with van der Waals surface area (Å²) in [5.41, 5.74) is 3.24. The number of carbonyl (C=O) groups excluding carboxylic acids is 2. The fourth-order valence-corrected chi connectivity index (χ4v) is 7.18. The standard InChI is InChI=1S/C36H39ClN4O6S/c1-22(26-9-6-10-29(32(26)37)46-25-13-16-40(17-14-25)35(43)47-36(2,3)4)45-30-19-31(48-33(30)34(42)44-5)41-21-39-27-18-23(11-12-28(27)41)24-8-7-15-38-20-24/h6-12,15,19-23,25H,13-14,16-18H2,1-5H3. The van der Waals surface area contributed by atoms with E-state index in [0.29, 0.717) is 52.9 Å². The van der Waals surface area contributed by atoms with Crippen molar-refractivity contribution < 1.29 is 28.5 Å². The number of halogens is 1. The summed E-state index contributed by atoms with van der Waals surface area (Å²) in [6, 6.07) is 11.4. The van der Waals surface area contributed by atoms with Gasteiger partial charge in [-0.15, -0.1) is 11.3 Å². The van der Waals surface area contributed by atoms with E-state index >= 15 is 0 Å². The number of hydrogen-bond donors (Lipinski definition) is 0. The number of imidazole rings is 1. The van der Waals surface area contributed by atoms with Crippen LogP contribution in [0.15, 0.2) is 61.2 Å². The van der Waals surface area contributed by atoms with Crippen molar-refractivity contribution in [3.8, 4) is 16.5 Å². The van der Waals surface area contributed by atoms with E-state index in [4.69, 9.17) is 35.5 Å². The summed E-state index contributed by atoms with van der Waals surface area (Å²) in [5, 5.41) is 1.21. The number of amides is 1. The largest absolute Gasteiger partial charge is 0.489 e. The van der Waals surface area contributed by atoms with Crippen LogP contribution in [-0.2, 0) is 15.9 Å². The summed E-state index contributed by atoms with van der Waals surface area (Å²) in [6.45, 7) is 8.52. The maximum Gasteiger partial charge on any atom is 0.410 e. The molecule has 2 unspecified atom stereocenters. The summed E-state index contributed by atoms with van der Waals surface area (Å²) >= 11 is 8.17. The van der Waals surface area contributed by atoms with Gasteiger partial charge in [0.15, 0.2) is 4.88 Å². The Balaban J connectivity index is 1.16. The second-order valence-electron chi connectivity index (χ2n) is 12.9. The minimum Gasteiger partial charge on any atom is -0.489 e. The Hall–Kier alpha value is -4.35. The molecular formula is C36H39ClN4O6S. The summed E-state index contributed by atoms with van der Waals surface area (Å²) in [4.78, 5) is 36.4. The molecule has 0 saturated carbocycles. The van der Waals surface area contributed by atoms with Crippen LogP contribution in [0, 0.1) is 0 Å². The van der Waals surface area contributed by atoms with Gasteiger partial charge < -0.3 is 23.8 Å². The molecule has 1 saturated heterocycles. The molecule has 1 aliphatic carbocycles. The van der Waals surface area contributed by atoms with Gasteiger partial charge in [0.2, 0.25) is 0 Å². The minimum absolute atomic E-state index is 0.104. The van der Waals surface area contributed by atoms with E-state index in [1.54, 1.807) is 17.4 Å². The molecule has 0 radical (unpaired) electrons. The van der Waals surface area contributed by atoms with E-state index in [2.05, 4.69) is 23.2 Å². The first-order valence-corrected chi connectivity index (χ1v) is 17.2. The number of ether oxygens (including phenoxy) is 4. The maximum absolute atomic E-state index is 12.9. The van der Waals surface area contributed by atoms with Crippen LogP contribution >= 0.6 is 22.9 Å². The van der Waals surface area contributed by atoms with Gasteiger partial charge in [-0.25, -0.2) is 14.6 Å². The number of hydrogen-bond acceptors (Lipinski definition) is 9. The molecule has 48 heavy (non-hydrogen) atoms. The van der Waals surface area contributed by atoms with Crippen LogP contribution in [0.3, 0.4) is 0 Å². The van der Waals surface area contributed by atoms with Gasteiger partial charge in [0.1, 0.15) is 40.6 Å². The summed E-state index contributed by atoms with van der Waals surface area (Å²) in [6.07, 6.45) is 10.8. The summed E-state index contributed by atoms with van der Waals surface area (Å²) in [5.74, 6) is 0.635. The second-order valence-corrected chi connectivity index (χ2v) is 14.3. The van der Waals surface area contributed by atoms with Crippen LogP contribution in [0.25, 0.3) is 11.1 Å². The first-order chi connectivity index (χ1) is 23.0. The lowest BCUT2D eigenvalue weighted by atomic mass is 9.91. The highest BCUT2D eigenvalue weighted by Gasteiger charge is 2.29. The van der Waals surface area contributed by atoms with Crippen molar-refractivity contribution in [1.82, 2.24) is 19.4 Å². The van der Waals surface area contributed by atoms with Gasteiger partial charge in [-0.1, -0.05) is 35.9 Å². The van der Waals surface area contributed by atoms with E-state index < -0.39 is 17.7 Å². The van der Waals surface area contributed by atoms with Crippen LogP contribution < -0.4 is 9.47 Å². The predicted molar refractivity (Wildman–Crippen MR) is 184 cm³/mol. The fourth-order valence-electron chi connectivity index (χ4n) is 5.86. The topological polar surface area (TPSA) is 105 Å². The molecule has 1 amide bonds. The molecule has 1 aliphatic heterocycles. The van der Waals surface area contributed by atoms with E-state index in [9.17, 15) is 9.59 Å². The third-order valence-electron chi connectivity index (χ3n) is 8.31. The van der Waals surface area contributed by atoms with Crippen molar-refractivity contribution in [1.29, 1.82) is 0 Å². The number of piperidine rings is 1. The first-order valence-electron chi connectivity index (χ1n) is 16.0. The van der Waals surface area contributed by atoms with Crippen molar-refractivity contribution in [2.75, 3.05) is 20.2 Å². The Kier molecular flexibility index (Phi) is 9.80. The zero-order valence-electron chi connectivity index (χ0n) is 27.6. The number of carbonyl (C=O) groups is 2. The van der Waals surface area contributed by atoms with E-state index in [-0.39, 0.29) is 18.1 Å². The Morgan fingerprint density at radius 3 is 2.60 bits per heavy atom. The average molecular weight is 691 g/mol. The Morgan fingerprint density at radius 2 is 1.90 bits per heavy atom. The minimum atomic E-state index is -0.541. The maximum atomic E-state index is 12.9. The monoisotopic (exact) mass is 690 g/mol. The fraction of sp³-hybridized carbons (Fsp3) is 0.389. The van der Waals surface area contributed by atoms with Gasteiger partial charge in [0.25, 0.3) is 0 Å². The van der Waals surface area contributed by atoms with Crippen molar-refractivity contribution in [3.63, 3.8) is 0 Å². The molecule has 12 heteroatoms. The second kappa shape index (κ2) is 14.0. The predicted octanol–water partition coefficient (Wildman–Crippen LogP) is 8.04. The van der Waals surface area contributed by atoms with Gasteiger partial charge in [-0.3, -0.25) is 9.55 Å². The number of esters is 1. The molecule has 2 atom stereocenters. The number of rotatable bonds is 8. The van der Waals surface area contributed by atoms with Gasteiger partial charge in [0, 0.05) is 62.3 Å². The lowest BCUT2D eigenvalue weighted by molar-refractivity contribution is 0.0126. The van der Waals surface area contributed by atoms with Crippen LogP contribution in [0.2, 0.25) is 5.02 Å². The zero-order valence-corrected chi connectivity index (χ0v) is 29.2. The Morgan fingerprint density at radius 1 is 1.10 bits per heavy atom. The number of allylic oxidation sites excluding steroid dienone is 1. The summed E-state index contributed by atoms with van der Waals surface area (Å²) < 4.78 is 25.3. The quantitative estimate of drug-likeness (QED) is 0.171. The average Bonchev–Trinajstić information content (AvgIpc) is 3.69. The number of nitrogens with zero attached hydrogens (tertiary/aromatic N) is 4. The van der Waals surface area contributed by atoms with Crippen LogP contribution in [0.5, 0.6) is 11.5 Å². The number of aromatic nitrogens is 3. The molecule has 4 aromatic rings.